The minimum atomic E-state index is 0.0405. The van der Waals surface area contributed by atoms with Crippen molar-refractivity contribution in [1.29, 1.82) is 0 Å². The van der Waals surface area contributed by atoms with Crippen LogP contribution in [0.15, 0.2) is 48.5 Å². The van der Waals surface area contributed by atoms with E-state index in [9.17, 15) is 4.79 Å². The van der Waals surface area contributed by atoms with Crippen molar-refractivity contribution >= 4 is 22.6 Å². The standard InChI is InChI=1S/C26H31N3O3/c1-31-25-27-22-12-11-21(28-15-13-26(14-16-28)18-32-19-26)17-23(22)29(25)24(30)10-6-5-9-20-7-3-2-4-8-20/h2-4,7-8,11-12,17H,5-6,9-10,13-16,18-19H2,1H3. The van der Waals surface area contributed by atoms with Crippen LogP contribution in [0.1, 0.15) is 42.5 Å². The summed E-state index contributed by atoms with van der Waals surface area (Å²) in [4.78, 5) is 20.1. The number of anilines is 1. The van der Waals surface area contributed by atoms with E-state index in [1.165, 1.54) is 5.56 Å². The molecule has 6 heteroatoms. The van der Waals surface area contributed by atoms with Gasteiger partial charge < -0.3 is 14.4 Å². The van der Waals surface area contributed by atoms with Crippen molar-refractivity contribution < 1.29 is 14.3 Å². The maximum atomic E-state index is 13.1. The molecule has 2 aromatic carbocycles. The van der Waals surface area contributed by atoms with E-state index in [4.69, 9.17) is 9.47 Å². The third-order valence-electron chi connectivity index (χ3n) is 6.99. The number of hydrogen-bond acceptors (Lipinski definition) is 5. The largest absolute Gasteiger partial charge is 0.468 e. The summed E-state index contributed by atoms with van der Waals surface area (Å²) in [7, 11) is 1.58. The summed E-state index contributed by atoms with van der Waals surface area (Å²) in [6.45, 7) is 3.85. The molecule has 6 nitrogen and oxygen atoms in total. The summed E-state index contributed by atoms with van der Waals surface area (Å²) in [6, 6.07) is 17.0. The molecule has 2 aliphatic rings. The molecule has 0 amide bonds. The van der Waals surface area contributed by atoms with Crippen molar-refractivity contribution in [3.05, 3.63) is 54.1 Å². The lowest BCUT2D eigenvalue weighted by atomic mass is 9.77. The van der Waals surface area contributed by atoms with Crippen molar-refractivity contribution in [1.82, 2.24) is 9.55 Å². The number of aromatic nitrogens is 2. The summed E-state index contributed by atoms with van der Waals surface area (Å²) < 4.78 is 12.6. The first-order valence-electron chi connectivity index (χ1n) is 11.6. The number of unbranched alkanes of at least 4 members (excludes halogenated alkanes) is 1. The van der Waals surface area contributed by atoms with Crippen LogP contribution in [0, 0.1) is 5.41 Å². The zero-order valence-electron chi connectivity index (χ0n) is 18.8. The molecule has 0 N–H and O–H groups in total. The Kier molecular flexibility index (Phi) is 5.87. The molecule has 3 aromatic rings. The van der Waals surface area contributed by atoms with Crippen molar-refractivity contribution in [2.45, 2.75) is 38.5 Å². The molecule has 0 aliphatic carbocycles. The Hall–Kier alpha value is -2.86. The number of imidazole rings is 1. The van der Waals surface area contributed by atoms with Crippen LogP contribution in [0.3, 0.4) is 0 Å². The van der Waals surface area contributed by atoms with Crippen LogP contribution in [0.2, 0.25) is 0 Å². The Morgan fingerprint density at radius 1 is 1.09 bits per heavy atom. The third kappa shape index (κ3) is 4.11. The van der Waals surface area contributed by atoms with Crippen LogP contribution in [0.5, 0.6) is 6.01 Å². The Bertz CT molecular complexity index is 1080. The predicted molar refractivity (Wildman–Crippen MR) is 126 cm³/mol. The molecule has 5 rings (SSSR count). The molecular weight excluding hydrogens is 402 g/mol. The smallest absolute Gasteiger partial charge is 0.304 e. The molecule has 3 heterocycles. The first-order valence-corrected chi connectivity index (χ1v) is 11.6. The molecule has 2 fully saturated rings. The van der Waals surface area contributed by atoms with Crippen molar-refractivity contribution in [3.63, 3.8) is 0 Å². The molecule has 1 spiro atoms. The molecule has 2 saturated heterocycles. The highest BCUT2D eigenvalue weighted by atomic mass is 16.5. The number of benzene rings is 2. The second-order valence-corrected chi connectivity index (χ2v) is 9.17. The number of methoxy groups -OCH3 is 1. The molecule has 2 aliphatic heterocycles. The molecule has 0 saturated carbocycles. The molecule has 0 bridgehead atoms. The van der Waals surface area contributed by atoms with Crippen LogP contribution in [0.4, 0.5) is 5.69 Å². The number of hydrogen-bond donors (Lipinski definition) is 0. The van der Waals surface area contributed by atoms with Gasteiger partial charge in [-0.3, -0.25) is 4.79 Å². The van der Waals surface area contributed by atoms with Gasteiger partial charge in [0.15, 0.2) is 0 Å². The predicted octanol–water partition coefficient (Wildman–Crippen LogP) is 4.71. The average Bonchev–Trinajstić information content (AvgIpc) is 3.19. The first-order chi connectivity index (χ1) is 15.7. The molecule has 0 atom stereocenters. The Labute approximate surface area is 189 Å². The molecule has 168 valence electrons. The average molecular weight is 434 g/mol. The summed E-state index contributed by atoms with van der Waals surface area (Å²) in [6.07, 6.45) is 5.61. The summed E-state index contributed by atoms with van der Waals surface area (Å²) in [5, 5.41) is 0. The van der Waals surface area contributed by atoms with E-state index in [2.05, 4.69) is 46.3 Å². The van der Waals surface area contributed by atoms with Gasteiger partial charge in [-0.1, -0.05) is 30.3 Å². The Morgan fingerprint density at radius 3 is 2.56 bits per heavy atom. The van der Waals surface area contributed by atoms with Gasteiger partial charge in [0.1, 0.15) is 0 Å². The number of rotatable bonds is 7. The highest BCUT2D eigenvalue weighted by Gasteiger charge is 2.41. The number of ether oxygens (including phenoxy) is 2. The zero-order valence-corrected chi connectivity index (χ0v) is 18.8. The zero-order chi connectivity index (χ0) is 22.0. The van der Waals surface area contributed by atoms with Gasteiger partial charge in [0.05, 0.1) is 31.4 Å². The first kappa shape index (κ1) is 21.0. The number of nitrogens with zero attached hydrogens (tertiary/aromatic N) is 3. The summed E-state index contributed by atoms with van der Waals surface area (Å²) in [5.74, 6) is 0.0405. The van der Waals surface area contributed by atoms with Crippen LogP contribution >= 0.6 is 0 Å². The minimum absolute atomic E-state index is 0.0405. The fraction of sp³-hybridized carbons (Fsp3) is 0.462. The van der Waals surface area contributed by atoms with E-state index in [1.807, 2.05) is 12.1 Å². The second-order valence-electron chi connectivity index (χ2n) is 9.17. The van der Waals surface area contributed by atoms with Gasteiger partial charge in [-0.25, -0.2) is 4.57 Å². The van der Waals surface area contributed by atoms with E-state index in [0.717, 1.165) is 75.1 Å². The van der Waals surface area contributed by atoms with E-state index >= 15 is 0 Å². The maximum Gasteiger partial charge on any atom is 0.304 e. The molecule has 32 heavy (non-hydrogen) atoms. The van der Waals surface area contributed by atoms with Gasteiger partial charge in [0, 0.05) is 30.6 Å². The van der Waals surface area contributed by atoms with E-state index in [1.54, 1.807) is 11.7 Å². The lowest BCUT2D eigenvalue weighted by Gasteiger charge is -2.47. The fourth-order valence-electron chi connectivity index (χ4n) is 4.90. The number of fused-ring (bicyclic) bond motifs is 1. The van der Waals surface area contributed by atoms with Crippen molar-refractivity contribution in [2.75, 3.05) is 38.3 Å². The van der Waals surface area contributed by atoms with Crippen LogP contribution in [0.25, 0.3) is 11.0 Å². The summed E-state index contributed by atoms with van der Waals surface area (Å²) in [5.41, 5.74) is 4.49. The van der Waals surface area contributed by atoms with E-state index in [-0.39, 0.29) is 5.91 Å². The van der Waals surface area contributed by atoms with Gasteiger partial charge in [-0.15, -0.1) is 0 Å². The Morgan fingerprint density at radius 2 is 1.88 bits per heavy atom. The topological polar surface area (TPSA) is 56.6 Å². The Balaban J connectivity index is 1.29. The lowest BCUT2D eigenvalue weighted by molar-refractivity contribution is -0.124. The van der Waals surface area contributed by atoms with Gasteiger partial charge in [-0.2, -0.15) is 4.98 Å². The van der Waals surface area contributed by atoms with Crippen molar-refractivity contribution in [3.8, 4) is 6.01 Å². The van der Waals surface area contributed by atoms with Crippen LogP contribution in [-0.4, -0.2) is 48.9 Å². The number of piperidine rings is 1. The van der Waals surface area contributed by atoms with Crippen LogP contribution < -0.4 is 9.64 Å². The molecule has 0 unspecified atom stereocenters. The van der Waals surface area contributed by atoms with Gasteiger partial charge in [0.25, 0.3) is 0 Å². The highest BCUT2D eigenvalue weighted by Crippen LogP contribution is 2.40. The fourth-order valence-corrected chi connectivity index (χ4v) is 4.90. The van der Waals surface area contributed by atoms with E-state index < -0.39 is 0 Å². The normalized spacial score (nSPS) is 17.5. The van der Waals surface area contributed by atoms with Gasteiger partial charge >= 0.3 is 6.01 Å². The summed E-state index contributed by atoms with van der Waals surface area (Å²) >= 11 is 0. The number of carbonyl (C=O) groups is 1. The number of carbonyl (C=O) groups excluding carboxylic acids is 1. The SMILES string of the molecule is COc1nc2ccc(N3CCC4(CC3)COC4)cc2n1C(=O)CCCCc1ccccc1. The third-order valence-corrected chi connectivity index (χ3v) is 6.99. The quantitative estimate of drug-likeness (QED) is 0.505. The maximum absolute atomic E-state index is 13.1. The van der Waals surface area contributed by atoms with Gasteiger partial charge in [-0.05, 0) is 55.9 Å². The van der Waals surface area contributed by atoms with Crippen molar-refractivity contribution in [2.24, 2.45) is 5.41 Å². The van der Waals surface area contributed by atoms with Crippen LogP contribution in [-0.2, 0) is 11.2 Å². The molecule has 1 aromatic heterocycles. The molecule has 0 radical (unpaired) electrons. The minimum Gasteiger partial charge on any atom is -0.468 e. The van der Waals surface area contributed by atoms with E-state index in [0.29, 0.717) is 17.8 Å². The highest BCUT2D eigenvalue weighted by molar-refractivity contribution is 5.93. The second kappa shape index (κ2) is 8.94. The van der Waals surface area contributed by atoms with Gasteiger partial charge in [0.2, 0.25) is 5.91 Å². The lowest BCUT2D eigenvalue weighted by Crippen LogP contribution is -2.50. The monoisotopic (exact) mass is 433 g/mol. The molecular formula is C26H31N3O3. The number of aryl methyl sites for hydroxylation is 1.